The summed E-state index contributed by atoms with van der Waals surface area (Å²) in [7, 11) is 0. The van der Waals surface area contributed by atoms with Gasteiger partial charge in [0.2, 0.25) is 0 Å². The Bertz CT molecular complexity index is 999. The number of ether oxygens (including phenoxy) is 2. The maximum absolute atomic E-state index is 12.6. The number of benzene rings is 2. The molecule has 0 saturated heterocycles. The molecular weight excluding hydrogens is 464 g/mol. The summed E-state index contributed by atoms with van der Waals surface area (Å²) in [6, 6.07) is 13.3. The third-order valence-electron chi connectivity index (χ3n) is 5.90. The van der Waals surface area contributed by atoms with Crippen molar-refractivity contribution in [1.82, 2.24) is 0 Å². The Hall–Kier alpha value is -3.10. The average Bonchev–Trinajstić information content (AvgIpc) is 2.83. The molecule has 3 rings (SSSR count). The molecule has 3 unspecified atom stereocenters. The van der Waals surface area contributed by atoms with E-state index in [9.17, 15) is 9.59 Å². The van der Waals surface area contributed by atoms with E-state index in [0.717, 1.165) is 6.42 Å². The van der Waals surface area contributed by atoms with Crippen molar-refractivity contribution in [3.05, 3.63) is 59.7 Å². The lowest BCUT2D eigenvalue weighted by atomic mass is 9.78. The van der Waals surface area contributed by atoms with Crippen LogP contribution in [0.3, 0.4) is 0 Å². The molecule has 1 saturated carbocycles. The number of hydrogen-bond acceptors (Lipinski definition) is 8. The average molecular weight is 501 g/mol. The van der Waals surface area contributed by atoms with Crippen LogP contribution in [0, 0.1) is 5.92 Å². The van der Waals surface area contributed by atoms with Crippen LogP contribution in [0.1, 0.15) is 81.5 Å². The molecular formula is C28H36O8. The van der Waals surface area contributed by atoms with Crippen molar-refractivity contribution >= 4 is 11.9 Å². The van der Waals surface area contributed by atoms with Crippen LogP contribution in [0.5, 0.6) is 11.5 Å². The normalized spacial score (nSPS) is 21.8. The van der Waals surface area contributed by atoms with Crippen LogP contribution in [-0.4, -0.2) is 35.9 Å². The first kappa shape index (κ1) is 27.5. The van der Waals surface area contributed by atoms with E-state index in [4.69, 9.17) is 29.0 Å². The lowest BCUT2D eigenvalue weighted by Crippen LogP contribution is -2.48. The summed E-state index contributed by atoms with van der Waals surface area (Å²) in [5.41, 5.74) is -0.334. The Kier molecular flexibility index (Phi) is 9.34. The number of carbonyl (C=O) groups is 2. The van der Waals surface area contributed by atoms with Gasteiger partial charge in [-0.05, 0) is 108 Å². The predicted molar refractivity (Wildman–Crippen MR) is 133 cm³/mol. The molecule has 8 heteroatoms. The monoisotopic (exact) mass is 500 g/mol. The molecule has 3 atom stereocenters. The molecule has 0 heterocycles. The molecule has 36 heavy (non-hydrogen) atoms. The van der Waals surface area contributed by atoms with Gasteiger partial charge in [-0.3, -0.25) is 9.78 Å². The summed E-state index contributed by atoms with van der Waals surface area (Å²) in [6.07, 6.45) is 1.42. The topological polar surface area (TPSA) is 89.5 Å². The van der Waals surface area contributed by atoms with Crippen molar-refractivity contribution in [3.63, 3.8) is 0 Å². The minimum Gasteiger partial charge on any atom is -0.491 e. The molecule has 1 aliphatic carbocycles. The maximum atomic E-state index is 12.6. The van der Waals surface area contributed by atoms with Crippen molar-refractivity contribution in [2.24, 2.45) is 5.92 Å². The van der Waals surface area contributed by atoms with E-state index in [0.29, 0.717) is 41.4 Å². The van der Waals surface area contributed by atoms with Crippen LogP contribution in [0.4, 0.5) is 0 Å². The van der Waals surface area contributed by atoms with Crippen molar-refractivity contribution in [3.8, 4) is 11.5 Å². The summed E-state index contributed by atoms with van der Waals surface area (Å²) in [4.78, 5) is 46.6. The van der Waals surface area contributed by atoms with Gasteiger partial charge >= 0.3 is 11.9 Å². The van der Waals surface area contributed by atoms with Gasteiger partial charge < -0.3 is 9.47 Å². The van der Waals surface area contributed by atoms with Crippen LogP contribution >= 0.6 is 0 Å². The molecule has 0 aliphatic heterocycles. The quantitative estimate of drug-likeness (QED) is 0.286. The van der Waals surface area contributed by atoms with E-state index < -0.39 is 23.6 Å². The minimum absolute atomic E-state index is 0.0315. The van der Waals surface area contributed by atoms with Gasteiger partial charge in [-0.2, -0.15) is 9.78 Å². The third-order valence-corrected chi connectivity index (χ3v) is 5.90. The highest BCUT2D eigenvalue weighted by molar-refractivity contribution is 5.89. The molecule has 0 radical (unpaired) electrons. The van der Waals surface area contributed by atoms with Crippen LogP contribution in [-0.2, 0) is 19.6 Å². The molecule has 2 aromatic carbocycles. The van der Waals surface area contributed by atoms with Gasteiger partial charge in [0.05, 0.1) is 23.3 Å². The zero-order valence-electron chi connectivity index (χ0n) is 21.8. The maximum Gasteiger partial charge on any atom is 0.373 e. The summed E-state index contributed by atoms with van der Waals surface area (Å²) in [6.45, 7) is 11.6. The summed E-state index contributed by atoms with van der Waals surface area (Å²) < 4.78 is 11.2. The van der Waals surface area contributed by atoms with Crippen molar-refractivity contribution in [2.45, 2.75) is 84.7 Å². The number of hydrogen-bond donors (Lipinski definition) is 0. The van der Waals surface area contributed by atoms with Crippen LogP contribution in [0.2, 0.25) is 0 Å². The van der Waals surface area contributed by atoms with Gasteiger partial charge in [0.25, 0.3) is 0 Å². The fourth-order valence-electron chi connectivity index (χ4n) is 3.88. The van der Waals surface area contributed by atoms with E-state index in [1.165, 1.54) is 0 Å². The SMILES string of the molecule is CC1CCC(C)(OOC(=O)c2ccc(OC(C)C)cc2)C(OOC(=O)c2ccc(OC(C)C)cc2)C1. The molecule has 0 N–H and O–H groups in total. The first-order valence-electron chi connectivity index (χ1n) is 12.4. The largest absolute Gasteiger partial charge is 0.491 e. The zero-order chi connectivity index (χ0) is 26.3. The Labute approximate surface area is 212 Å². The minimum atomic E-state index is -0.988. The third kappa shape index (κ3) is 7.70. The van der Waals surface area contributed by atoms with E-state index in [2.05, 4.69) is 6.92 Å². The van der Waals surface area contributed by atoms with Gasteiger partial charge in [-0.15, -0.1) is 0 Å². The van der Waals surface area contributed by atoms with E-state index in [1.54, 1.807) is 55.5 Å². The lowest BCUT2D eigenvalue weighted by Gasteiger charge is -2.39. The van der Waals surface area contributed by atoms with Crippen molar-refractivity contribution < 1.29 is 38.6 Å². The second-order valence-electron chi connectivity index (χ2n) is 9.98. The Morgan fingerprint density at radius 2 is 1.28 bits per heavy atom. The zero-order valence-corrected chi connectivity index (χ0v) is 21.8. The Morgan fingerprint density at radius 1 is 0.806 bits per heavy atom. The van der Waals surface area contributed by atoms with E-state index >= 15 is 0 Å². The molecule has 1 aliphatic rings. The molecule has 0 amide bonds. The number of rotatable bonds is 10. The van der Waals surface area contributed by atoms with Crippen molar-refractivity contribution in [2.75, 3.05) is 0 Å². The lowest BCUT2D eigenvalue weighted by molar-refractivity contribution is -0.388. The van der Waals surface area contributed by atoms with Crippen LogP contribution < -0.4 is 9.47 Å². The first-order valence-corrected chi connectivity index (χ1v) is 12.4. The summed E-state index contributed by atoms with van der Waals surface area (Å²) in [5.74, 6) is 0.376. The summed E-state index contributed by atoms with van der Waals surface area (Å²) >= 11 is 0. The van der Waals surface area contributed by atoms with Gasteiger partial charge in [0.1, 0.15) is 23.2 Å². The van der Waals surface area contributed by atoms with Crippen LogP contribution in [0.15, 0.2) is 48.5 Å². The van der Waals surface area contributed by atoms with Gasteiger partial charge in [-0.25, -0.2) is 9.59 Å². The molecule has 8 nitrogen and oxygen atoms in total. The highest BCUT2D eigenvalue weighted by Gasteiger charge is 2.45. The second-order valence-corrected chi connectivity index (χ2v) is 9.98. The smallest absolute Gasteiger partial charge is 0.373 e. The molecule has 1 fully saturated rings. The molecule has 2 aromatic rings. The highest BCUT2D eigenvalue weighted by atomic mass is 17.2. The van der Waals surface area contributed by atoms with Gasteiger partial charge in [0, 0.05) is 0 Å². The Morgan fingerprint density at radius 3 is 1.75 bits per heavy atom. The molecule has 0 aromatic heterocycles. The fourth-order valence-corrected chi connectivity index (χ4v) is 3.88. The summed E-state index contributed by atoms with van der Waals surface area (Å²) in [5, 5.41) is 0. The van der Waals surface area contributed by atoms with Gasteiger partial charge in [0.15, 0.2) is 0 Å². The molecule has 0 spiro atoms. The first-order chi connectivity index (χ1) is 17.1. The number of carbonyl (C=O) groups excluding carboxylic acids is 2. The molecule has 0 bridgehead atoms. The van der Waals surface area contributed by atoms with Gasteiger partial charge in [-0.1, -0.05) is 6.92 Å². The van der Waals surface area contributed by atoms with E-state index in [1.807, 2.05) is 27.7 Å². The Balaban J connectivity index is 1.58. The molecule has 196 valence electrons. The fraction of sp³-hybridized carbons (Fsp3) is 0.500. The van der Waals surface area contributed by atoms with Crippen molar-refractivity contribution in [1.29, 1.82) is 0 Å². The van der Waals surface area contributed by atoms with E-state index in [-0.39, 0.29) is 12.2 Å². The second kappa shape index (κ2) is 12.2. The predicted octanol–water partition coefficient (Wildman–Crippen LogP) is 6.09. The standard InChI is InChI=1S/C28H36O8/c1-18(2)31-23-11-7-21(8-12-23)26(29)34-33-25-17-20(5)15-16-28(25,6)36-35-27(30)22-9-13-24(14-10-22)32-19(3)4/h7-14,18-20,25H,15-17H2,1-6H3. The highest BCUT2D eigenvalue weighted by Crippen LogP contribution is 2.37. The van der Waals surface area contributed by atoms with Crippen LogP contribution in [0.25, 0.3) is 0 Å².